The Hall–Kier alpha value is -1.82. The summed E-state index contributed by atoms with van der Waals surface area (Å²) >= 11 is 5.31. The van der Waals surface area contributed by atoms with Gasteiger partial charge in [-0.05, 0) is 69.6 Å². The number of rotatable bonds is 7. The summed E-state index contributed by atoms with van der Waals surface area (Å²) in [4.78, 5) is 0. The van der Waals surface area contributed by atoms with Crippen LogP contribution in [0.3, 0.4) is 0 Å². The third kappa shape index (κ3) is 6.90. The fraction of sp³-hybridized carbons (Fsp3) is 0.579. The summed E-state index contributed by atoms with van der Waals surface area (Å²) in [6, 6.07) is 6.25. The van der Waals surface area contributed by atoms with Crippen LogP contribution >= 0.6 is 12.2 Å². The van der Waals surface area contributed by atoms with E-state index in [4.69, 9.17) is 21.7 Å². The Morgan fingerprint density at radius 1 is 1.28 bits per heavy atom. The molecule has 0 atom stereocenters. The lowest BCUT2D eigenvalue weighted by Gasteiger charge is -2.23. The molecule has 2 N–H and O–H groups in total. The highest BCUT2D eigenvalue weighted by molar-refractivity contribution is 7.80. The smallest absolute Gasteiger partial charge is 0.187 e. The van der Waals surface area contributed by atoms with Crippen LogP contribution in [-0.4, -0.2) is 30.1 Å². The highest BCUT2D eigenvalue weighted by Gasteiger charge is 2.13. The van der Waals surface area contributed by atoms with E-state index in [1.807, 2.05) is 39.0 Å². The predicted octanol–water partition coefficient (Wildman–Crippen LogP) is 4.00. The molecule has 1 aliphatic rings. The van der Waals surface area contributed by atoms with Crippen molar-refractivity contribution in [3.63, 3.8) is 0 Å². The normalized spacial score (nSPS) is 15.4. The van der Waals surface area contributed by atoms with Crippen molar-refractivity contribution in [1.29, 1.82) is 0 Å². The van der Waals surface area contributed by atoms with Crippen molar-refractivity contribution in [3.05, 3.63) is 23.8 Å². The Kier molecular flexibility index (Phi) is 7.98. The summed E-state index contributed by atoms with van der Waals surface area (Å²) in [5.74, 6) is 1.47. The van der Waals surface area contributed by atoms with E-state index in [-0.39, 0.29) is 6.10 Å². The largest absolute Gasteiger partial charge is 0.490 e. The molecule has 0 bridgehead atoms. The van der Waals surface area contributed by atoms with E-state index in [1.165, 1.54) is 32.1 Å². The van der Waals surface area contributed by atoms with Crippen molar-refractivity contribution in [2.45, 2.75) is 65.0 Å². The first-order chi connectivity index (χ1) is 12.1. The van der Waals surface area contributed by atoms with Crippen molar-refractivity contribution < 1.29 is 9.47 Å². The average Bonchev–Trinajstić information content (AvgIpc) is 2.58. The highest BCUT2D eigenvalue weighted by Crippen LogP contribution is 2.28. The Labute approximate surface area is 156 Å². The van der Waals surface area contributed by atoms with Crippen molar-refractivity contribution in [1.82, 2.24) is 10.7 Å². The van der Waals surface area contributed by atoms with E-state index in [2.05, 4.69) is 15.8 Å². The number of ether oxygens (including phenoxy) is 2. The maximum Gasteiger partial charge on any atom is 0.187 e. The van der Waals surface area contributed by atoms with Gasteiger partial charge in [-0.25, -0.2) is 0 Å². The Bertz CT molecular complexity index is 584. The summed E-state index contributed by atoms with van der Waals surface area (Å²) in [5.41, 5.74) is 3.82. The molecule has 0 unspecified atom stereocenters. The summed E-state index contributed by atoms with van der Waals surface area (Å²) < 4.78 is 11.4. The van der Waals surface area contributed by atoms with E-state index in [0.29, 0.717) is 17.8 Å². The zero-order chi connectivity index (χ0) is 18.1. The fourth-order valence-corrected chi connectivity index (χ4v) is 3.07. The SMILES string of the molecule is CCOc1cc(/C=N/NC(=S)NC2CCCCC2)ccc1OC(C)C. The maximum absolute atomic E-state index is 5.76. The van der Waals surface area contributed by atoms with Gasteiger partial charge in [-0.3, -0.25) is 5.43 Å². The van der Waals surface area contributed by atoms with Crippen LogP contribution in [0, 0.1) is 0 Å². The second kappa shape index (κ2) is 10.2. The molecule has 6 heteroatoms. The summed E-state index contributed by atoms with van der Waals surface area (Å²) in [6.45, 7) is 6.53. The first-order valence-corrected chi connectivity index (χ1v) is 9.52. The molecular formula is C19H29N3O2S. The second-order valence-corrected chi connectivity index (χ2v) is 6.89. The van der Waals surface area contributed by atoms with Gasteiger partial charge in [-0.2, -0.15) is 5.10 Å². The van der Waals surface area contributed by atoms with Crippen LogP contribution in [0.4, 0.5) is 0 Å². The van der Waals surface area contributed by atoms with Crippen LogP contribution in [0.2, 0.25) is 0 Å². The third-order valence-electron chi connectivity index (χ3n) is 3.95. The number of nitrogens with one attached hydrogen (secondary N) is 2. The van der Waals surface area contributed by atoms with Crippen LogP contribution in [0.5, 0.6) is 11.5 Å². The van der Waals surface area contributed by atoms with Gasteiger partial charge in [0.05, 0.1) is 18.9 Å². The highest BCUT2D eigenvalue weighted by atomic mass is 32.1. The standard InChI is InChI=1S/C19H29N3O2S/c1-4-23-18-12-15(10-11-17(18)24-14(2)3)13-20-22-19(25)21-16-8-6-5-7-9-16/h10-14,16H,4-9H2,1-3H3,(H2,21,22,25)/b20-13+. The van der Waals surface area contributed by atoms with Crippen LogP contribution in [0.25, 0.3) is 0 Å². The maximum atomic E-state index is 5.76. The molecule has 0 heterocycles. The molecule has 0 amide bonds. The summed E-state index contributed by atoms with van der Waals surface area (Å²) in [5, 5.41) is 8.13. The molecule has 5 nitrogen and oxygen atoms in total. The van der Waals surface area contributed by atoms with Crippen LogP contribution < -0.4 is 20.2 Å². The summed E-state index contributed by atoms with van der Waals surface area (Å²) in [7, 11) is 0. The van der Waals surface area contributed by atoms with Crippen molar-refractivity contribution in [2.24, 2.45) is 5.10 Å². The number of hydrogen-bond donors (Lipinski definition) is 2. The van der Waals surface area contributed by atoms with Crippen LogP contribution in [0.1, 0.15) is 58.4 Å². The third-order valence-corrected chi connectivity index (χ3v) is 4.16. The van der Waals surface area contributed by atoms with Crippen molar-refractivity contribution >= 4 is 23.5 Å². The first kappa shape index (κ1) is 19.5. The number of hydrogen-bond acceptors (Lipinski definition) is 4. The van der Waals surface area contributed by atoms with E-state index in [0.717, 1.165) is 17.1 Å². The van der Waals surface area contributed by atoms with E-state index < -0.39 is 0 Å². The lowest BCUT2D eigenvalue weighted by atomic mass is 9.96. The van der Waals surface area contributed by atoms with E-state index in [1.54, 1.807) is 6.21 Å². The van der Waals surface area contributed by atoms with Crippen LogP contribution in [-0.2, 0) is 0 Å². The minimum atomic E-state index is 0.101. The Morgan fingerprint density at radius 2 is 2.04 bits per heavy atom. The molecule has 1 aromatic carbocycles. The molecule has 0 aliphatic heterocycles. The van der Waals surface area contributed by atoms with Gasteiger partial charge in [0.1, 0.15) is 0 Å². The lowest BCUT2D eigenvalue weighted by molar-refractivity contribution is 0.224. The molecule has 0 radical (unpaired) electrons. The average molecular weight is 364 g/mol. The van der Waals surface area contributed by atoms with Gasteiger partial charge in [0, 0.05) is 6.04 Å². The summed E-state index contributed by atoms with van der Waals surface area (Å²) in [6.07, 6.45) is 8.07. The molecule has 0 saturated heterocycles. The van der Waals surface area contributed by atoms with E-state index in [9.17, 15) is 0 Å². The molecule has 1 aromatic rings. The molecule has 1 aliphatic carbocycles. The Balaban J connectivity index is 1.90. The second-order valence-electron chi connectivity index (χ2n) is 6.48. The van der Waals surface area contributed by atoms with Gasteiger partial charge < -0.3 is 14.8 Å². The quantitative estimate of drug-likeness (QED) is 0.436. The Morgan fingerprint density at radius 3 is 2.72 bits per heavy atom. The van der Waals surface area contributed by atoms with Gasteiger partial charge in [-0.15, -0.1) is 0 Å². The monoisotopic (exact) mass is 363 g/mol. The zero-order valence-corrected chi connectivity index (χ0v) is 16.2. The molecular weight excluding hydrogens is 334 g/mol. The topological polar surface area (TPSA) is 54.9 Å². The van der Waals surface area contributed by atoms with Gasteiger partial charge in [0.2, 0.25) is 0 Å². The lowest BCUT2D eigenvalue weighted by Crippen LogP contribution is -2.40. The number of thiocarbonyl (C=S) groups is 1. The van der Waals surface area contributed by atoms with Crippen molar-refractivity contribution in [2.75, 3.05) is 6.61 Å². The zero-order valence-electron chi connectivity index (χ0n) is 15.4. The molecule has 25 heavy (non-hydrogen) atoms. The van der Waals surface area contributed by atoms with Gasteiger partial charge in [0.15, 0.2) is 16.6 Å². The number of benzene rings is 1. The number of nitrogens with zero attached hydrogens (tertiary/aromatic N) is 1. The minimum Gasteiger partial charge on any atom is -0.490 e. The van der Waals surface area contributed by atoms with Crippen molar-refractivity contribution in [3.8, 4) is 11.5 Å². The van der Waals surface area contributed by atoms with Crippen LogP contribution in [0.15, 0.2) is 23.3 Å². The molecule has 1 saturated carbocycles. The minimum absolute atomic E-state index is 0.101. The van der Waals surface area contributed by atoms with Gasteiger partial charge in [0.25, 0.3) is 0 Å². The number of hydrazone groups is 1. The molecule has 2 rings (SSSR count). The molecule has 0 spiro atoms. The van der Waals surface area contributed by atoms with E-state index >= 15 is 0 Å². The molecule has 0 aromatic heterocycles. The van der Waals surface area contributed by atoms with Gasteiger partial charge in [-0.1, -0.05) is 19.3 Å². The molecule has 138 valence electrons. The fourth-order valence-electron chi connectivity index (χ4n) is 2.85. The molecule has 1 fully saturated rings. The van der Waals surface area contributed by atoms with Gasteiger partial charge >= 0.3 is 0 Å². The predicted molar refractivity (Wildman–Crippen MR) is 107 cm³/mol. The first-order valence-electron chi connectivity index (χ1n) is 9.11.